The molecule has 6 rings (SSSR count). The molecule has 0 bridgehead atoms. The number of amides is 1. The van der Waals surface area contributed by atoms with Gasteiger partial charge >= 0.3 is 0 Å². The number of fused-ring (bicyclic) bond motifs is 1. The van der Waals surface area contributed by atoms with Crippen molar-refractivity contribution in [2.24, 2.45) is 0 Å². The number of benzene rings is 1. The maximum absolute atomic E-state index is 13.0. The van der Waals surface area contributed by atoms with Crippen molar-refractivity contribution >= 4 is 28.4 Å². The fourth-order valence-electron chi connectivity index (χ4n) is 5.80. The van der Waals surface area contributed by atoms with Crippen molar-refractivity contribution in [3.05, 3.63) is 60.6 Å². The Kier molecular flexibility index (Phi) is 8.62. The number of piperazine rings is 1. The third-order valence-electron chi connectivity index (χ3n) is 8.29. The molecule has 1 aliphatic heterocycles. The molecular weight excluding hydrogens is 530 g/mol. The van der Waals surface area contributed by atoms with Crippen molar-refractivity contribution in [1.29, 1.82) is 0 Å². The fraction of sp³-hybridized carbons (Fsp3) is 0.438. The molecule has 1 saturated carbocycles. The molecule has 0 atom stereocenters. The first-order valence-electron chi connectivity index (χ1n) is 14.9. The summed E-state index contributed by atoms with van der Waals surface area (Å²) in [5.41, 5.74) is 3.80. The molecule has 10 heteroatoms. The van der Waals surface area contributed by atoms with E-state index in [9.17, 15) is 4.79 Å². The Labute approximate surface area is 246 Å². The second kappa shape index (κ2) is 12.9. The molecular formula is C32H39N7O3. The number of hydrogen-bond acceptors (Lipinski definition) is 8. The Balaban J connectivity index is 1.12. The predicted octanol–water partition coefficient (Wildman–Crippen LogP) is 5.27. The zero-order chi connectivity index (χ0) is 28.9. The van der Waals surface area contributed by atoms with Crippen LogP contribution in [0.2, 0.25) is 0 Å². The van der Waals surface area contributed by atoms with Crippen LogP contribution in [-0.4, -0.2) is 88.2 Å². The van der Waals surface area contributed by atoms with Crippen LogP contribution < -0.4 is 10.1 Å². The molecule has 1 aliphatic carbocycles. The summed E-state index contributed by atoms with van der Waals surface area (Å²) >= 11 is 0. The Morgan fingerprint density at radius 2 is 1.67 bits per heavy atom. The zero-order valence-corrected chi connectivity index (χ0v) is 24.4. The van der Waals surface area contributed by atoms with Crippen LogP contribution in [-0.2, 0) is 4.74 Å². The van der Waals surface area contributed by atoms with E-state index in [1.807, 2.05) is 54.5 Å². The lowest BCUT2D eigenvalue weighted by molar-refractivity contribution is 0.0642. The number of aromatic amines is 1. The molecule has 1 aromatic carbocycles. The summed E-state index contributed by atoms with van der Waals surface area (Å²) in [6, 6.07) is 13.6. The van der Waals surface area contributed by atoms with Gasteiger partial charge in [-0.25, -0.2) is 9.97 Å². The van der Waals surface area contributed by atoms with Crippen LogP contribution in [0, 0.1) is 0 Å². The summed E-state index contributed by atoms with van der Waals surface area (Å²) < 4.78 is 11.9. The van der Waals surface area contributed by atoms with Gasteiger partial charge < -0.3 is 29.6 Å². The van der Waals surface area contributed by atoms with E-state index < -0.39 is 0 Å². The first kappa shape index (κ1) is 28.1. The summed E-state index contributed by atoms with van der Waals surface area (Å²) in [6.45, 7) is 3.26. The summed E-state index contributed by atoms with van der Waals surface area (Å²) in [5, 5.41) is 4.26. The summed E-state index contributed by atoms with van der Waals surface area (Å²) in [5.74, 6) is 1.32. The van der Waals surface area contributed by atoms with E-state index in [1.165, 1.54) is 0 Å². The van der Waals surface area contributed by atoms with Gasteiger partial charge in [0, 0.05) is 68.3 Å². The smallest absolute Gasteiger partial charge is 0.270 e. The number of rotatable bonds is 7. The van der Waals surface area contributed by atoms with Crippen LogP contribution in [0.1, 0.15) is 49.0 Å². The minimum atomic E-state index is 0.0397. The number of nitrogens with one attached hydrogen (secondary N) is 2. The molecule has 4 heterocycles. The van der Waals surface area contributed by atoms with Gasteiger partial charge in [-0.1, -0.05) is 0 Å². The number of carbonyl (C=O) groups is 1. The topological polar surface area (TPSA) is 108 Å². The van der Waals surface area contributed by atoms with Gasteiger partial charge in [-0.05, 0) is 82.0 Å². The summed E-state index contributed by atoms with van der Waals surface area (Å²) in [6.07, 6.45) is 10.5. The maximum Gasteiger partial charge on any atom is 0.270 e. The number of aromatic nitrogens is 4. The van der Waals surface area contributed by atoms with Crippen LogP contribution in [0.25, 0.3) is 22.3 Å². The highest BCUT2D eigenvalue weighted by Gasteiger charge is 2.22. The maximum atomic E-state index is 13.0. The fourth-order valence-corrected chi connectivity index (χ4v) is 5.80. The van der Waals surface area contributed by atoms with Crippen LogP contribution in [0.15, 0.2) is 54.9 Å². The molecule has 4 aromatic rings. The number of anilines is 2. The first-order valence-corrected chi connectivity index (χ1v) is 14.9. The SMILES string of the molecule is COC1CCCC(Oc2ccnc(-c3ccnc(Nc4ccc5[nH]c(C(=O)N6CCN(C)CC6)cc5c4)n3)c2)CCC1. The minimum Gasteiger partial charge on any atom is -0.490 e. The van der Waals surface area contributed by atoms with Crippen LogP contribution in [0.5, 0.6) is 5.75 Å². The van der Waals surface area contributed by atoms with E-state index in [2.05, 4.69) is 32.2 Å². The van der Waals surface area contributed by atoms with Crippen molar-refractivity contribution in [2.45, 2.75) is 50.7 Å². The number of nitrogens with zero attached hydrogens (tertiary/aromatic N) is 5. The monoisotopic (exact) mass is 569 g/mol. The Morgan fingerprint density at radius 1 is 0.905 bits per heavy atom. The van der Waals surface area contributed by atoms with Crippen LogP contribution >= 0.6 is 0 Å². The molecule has 0 unspecified atom stereocenters. The normalized spacial score (nSPS) is 20.2. The van der Waals surface area contributed by atoms with E-state index >= 15 is 0 Å². The molecule has 0 radical (unpaired) electrons. The second-order valence-electron chi connectivity index (χ2n) is 11.3. The van der Waals surface area contributed by atoms with Crippen molar-refractivity contribution in [3.8, 4) is 17.1 Å². The standard InChI is InChI=1S/C32H39N7O3/c1-38-15-17-39(18-16-38)31(40)30-20-22-19-23(9-10-27(22)36-30)35-32-34-14-12-28(37-32)29-21-26(11-13-33-29)42-25-7-3-5-24(41-2)6-4-8-25/h9-14,19-21,24-25,36H,3-8,15-18H2,1-2H3,(H,34,35,37). The van der Waals surface area contributed by atoms with Gasteiger partial charge in [0.1, 0.15) is 11.4 Å². The van der Waals surface area contributed by atoms with Crippen molar-refractivity contribution in [3.63, 3.8) is 0 Å². The molecule has 2 N–H and O–H groups in total. The lowest BCUT2D eigenvalue weighted by Crippen LogP contribution is -2.47. The van der Waals surface area contributed by atoms with E-state index in [-0.39, 0.29) is 12.0 Å². The van der Waals surface area contributed by atoms with Gasteiger partial charge in [0.25, 0.3) is 5.91 Å². The number of methoxy groups -OCH3 is 1. The van der Waals surface area contributed by atoms with E-state index in [0.29, 0.717) is 23.4 Å². The molecule has 1 amide bonds. The lowest BCUT2D eigenvalue weighted by Gasteiger charge is -2.32. The number of ether oxygens (including phenoxy) is 2. The second-order valence-corrected chi connectivity index (χ2v) is 11.3. The van der Waals surface area contributed by atoms with Crippen molar-refractivity contribution < 1.29 is 14.3 Å². The highest BCUT2D eigenvalue weighted by Crippen LogP contribution is 2.27. The van der Waals surface area contributed by atoms with Gasteiger partial charge in [0.2, 0.25) is 5.95 Å². The largest absolute Gasteiger partial charge is 0.490 e. The van der Waals surface area contributed by atoms with Crippen LogP contribution in [0.4, 0.5) is 11.6 Å². The third-order valence-corrected chi connectivity index (χ3v) is 8.29. The Morgan fingerprint density at radius 3 is 2.45 bits per heavy atom. The van der Waals surface area contributed by atoms with Gasteiger partial charge in [-0.15, -0.1) is 0 Å². The molecule has 42 heavy (non-hydrogen) atoms. The summed E-state index contributed by atoms with van der Waals surface area (Å²) in [7, 11) is 3.89. The Bertz CT molecular complexity index is 1510. The number of H-pyrrole nitrogens is 1. The highest BCUT2D eigenvalue weighted by molar-refractivity contribution is 5.98. The average Bonchev–Trinajstić information content (AvgIpc) is 3.42. The number of likely N-dealkylation sites (N-methyl/N-ethyl adjacent to an activating group) is 1. The van der Waals surface area contributed by atoms with E-state index in [1.54, 1.807) is 12.4 Å². The first-order chi connectivity index (χ1) is 20.5. The highest BCUT2D eigenvalue weighted by atomic mass is 16.5. The quantitative estimate of drug-likeness (QED) is 0.310. The van der Waals surface area contributed by atoms with Gasteiger partial charge in [-0.2, -0.15) is 0 Å². The molecule has 2 fully saturated rings. The third kappa shape index (κ3) is 6.71. The molecule has 3 aromatic heterocycles. The summed E-state index contributed by atoms with van der Waals surface area (Å²) in [4.78, 5) is 34.2. The predicted molar refractivity (Wildman–Crippen MR) is 163 cm³/mol. The number of pyridine rings is 1. The van der Waals surface area contributed by atoms with Crippen molar-refractivity contribution in [1.82, 2.24) is 29.7 Å². The Hall–Kier alpha value is -4.02. The molecule has 2 aliphatic rings. The molecule has 1 saturated heterocycles. The zero-order valence-electron chi connectivity index (χ0n) is 24.4. The molecule has 0 spiro atoms. The number of carbonyl (C=O) groups excluding carboxylic acids is 1. The molecule has 220 valence electrons. The molecule has 10 nitrogen and oxygen atoms in total. The lowest BCUT2D eigenvalue weighted by atomic mass is 9.96. The van der Waals surface area contributed by atoms with Gasteiger partial charge in [0.05, 0.1) is 23.6 Å². The van der Waals surface area contributed by atoms with Gasteiger partial charge in [0.15, 0.2) is 0 Å². The number of hydrogen-bond donors (Lipinski definition) is 2. The van der Waals surface area contributed by atoms with Gasteiger partial charge in [-0.3, -0.25) is 9.78 Å². The van der Waals surface area contributed by atoms with Crippen molar-refractivity contribution in [2.75, 3.05) is 45.7 Å². The average molecular weight is 570 g/mol. The van der Waals surface area contributed by atoms with Crippen LogP contribution in [0.3, 0.4) is 0 Å². The van der Waals surface area contributed by atoms with E-state index in [4.69, 9.17) is 14.5 Å². The minimum absolute atomic E-state index is 0.0397. The van der Waals surface area contributed by atoms with E-state index in [0.717, 1.165) is 92.7 Å².